The number of β-amino-alcohol motifs (C(OH)–C–C–N with tert-alkyl or cyclic N) is 1. The van der Waals surface area contributed by atoms with Crippen molar-refractivity contribution in [3.8, 4) is 5.75 Å². The number of halogens is 1. The van der Waals surface area contributed by atoms with Crippen molar-refractivity contribution in [1.29, 1.82) is 0 Å². The monoisotopic (exact) mass is 429 g/mol. The molecule has 1 aliphatic heterocycles. The number of nitrogens with zero attached hydrogens (tertiary/aromatic N) is 1. The van der Waals surface area contributed by atoms with E-state index in [4.69, 9.17) is 4.74 Å². The topological polar surface area (TPSA) is 73.8 Å². The van der Waals surface area contributed by atoms with Gasteiger partial charge in [-0.2, -0.15) is 0 Å². The van der Waals surface area contributed by atoms with Crippen LogP contribution in [0.2, 0.25) is 0 Å². The Kier molecular flexibility index (Phi) is 8.26. The zero-order valence-electron chi connectivity index (χ0n) is 18.2. The Hall–Kier alpha value is -2.64. The van der Waals surface area contributed by atoms with Crippen molar-refractivity contribution in [3.63, 3.8) is 0 Å². The van der Waals surface area contributed by atoms with E-state index in [2.05, 4.69) is 15.5 Å². The summed E-state index contributed by atoms with van der Waals surface area (Å²) in [5.41, 5.74) is 1.79. The first-order chi connectivity index (χ1) is 14.9. The highest BCUT2D eigenvalue weighted by Crippen LogP contribution is 2.22. The molecular weight excluding hydrogens is 397 g/mol. The van der Waals surface area contributed by atoms with Crippen LogP contribution in [0.4, 0.5) is 14.9 Å². The fourth-order valence-corrected chi connectivity index (χ4v) is 3.92. The Bertz CT molecular complexity index is 838. The molecule has 0 aliphatic carbocycles. The number of benzene rings is 2. The van der Waals surface area contributed by atoms with Crippen LogP contribution >= 0.6 is 0 Å². The molecule has 6 nitrogen and oxygen atoms in total. The number of hydrogen-bond acceptors (Lipinski definition) is 4. The van der Waals surface area contributed by atoms with Crippen LogP contribution < -0.4 is 15.4 Å². The molecule has 0 unspecified atom stereocenters. The van der Waals surface area contributed by atoms with Crippen LogP contribution in [0.5, 0.6) is 5.75 Å². The summed E-state index contributed by atoms with van der Waals surface area (Å²) < 4.78 is 18.2. The predicted octanol–water partition coefficient (Wildman–Crippen LogP) is 3.66. The standard InChI is InChI=1S/C24H32FN3O3/c1-17(26-24(30)27-21-4-3-5-22(15-21)31-2)23(29)16-28-12-10-19(11-13-28)14-18-6-8-20(25)9-7-18/h3-9,15,17,19,23,29H,10-14,16H2,1-2H3,(H2,26,27,30)/t17-,23-/m0/s1. The Morgan fingerprint density at radius 2 is 1.94 bits per heavy atom. The smallest absolute Gasteiger partial charge is 0.319 e. The molecule has 0 radical (unpaired) electrons. The molecular formula is C24H32FN3O3. The number of aliphatic hydroxyl groups excluding tert-OH is 1. The SMILES string of the molecule is COc1cccc(NC(=O)N[C@@H](C)[C@@H](O)CN2CCC(Cc3ccc(F)cc3)CC2)c1. The van der Waals surface area contributed by atoms with Gasteiger partial charge in [-0.1, -0.05) is 18.2 Å². The molecule has 0 spiro atoms. The highest BCUT2D eigenvalue weighted by molar-refractivity contribution is 5.89. The van der Waals surface area contributed by atoms with Gasteiger partial charge in [0.2, 0.25) is 0 Å². The first-order valence-electron chi connectivity index (χ1n) is 10.8. The van der Waals surface area contributed by atoms with Gasteiger partial charge in [0.1, 0.15) is 11.6 Å². The van der Waals surface area contributed by atoms with Crippen molar-refractivity contribution in [2.24, 2.45) is 5.92 Å². The van der Waals surface area contributed by atoms with E-state index < -0.39 is 6.10 Å². The van der Waals surface area contributed by atoms with Crippen molar-refractivity contribution in [2.75, 3.05) is 32.1 Å². The predicted molar refractivity (Wildman–Crippen MR) is 120 cm³/mol. The van der Waals surface area contributed by atoms with E-state index in [1.54, 1.807) is 38.3 Å². The molecule has 168 valence electrons. The van der Waals surface area contributed by atoms with Crippen LogP contribution in [0, 0.1) is 11.7 Å². The highest BCUT2D eigenvalue weighted by Gasteiger charge is 2.24. The van der Waals surface area contributed by atoms with Gasteiger partial charge in [0.25, 0.3) is 0 Å². The molecule has 2 amide bonds. The number of nitrogens with one attached hydrogen (secondary N) is 2. The van der Waals surface area contributed by atoms with Gasteiger partial charge in [0.15, 0.2) is 0 Å². The molecule has 1 heterocycles. The number of likely N-dealkylation sites (tertiary alicyclic amines) is 1. The number of ether oxygens (including phenoxy) is 1. The lowest BCUT2D eigenvalue weighted by atomic mass is 9.90. The average Bonchev–Trinajstić information content (AvgIpc) is 2.76. The van der Waals surface area contributed by atoms with Gasteiger partial charge in [-0.05, 0) is 75.0 Å². The maximum absolute atomic E-state index is 13.1. The lowest BCUT2D eigenvalue weighted by molar-refractivity contribution is 0.0701. The maximum Gasteiger partial charge on any atom is 0.319 e. The number of urea groups is 1. The second-order valence-corrected chi connectivity index (χ2v) is 8.26. The van der Waals surface area contributed by atoms with Gasteiger partial charge in [-0.25, -0.2) is 9.18 Å². The molecule has 2 aromatic rings. The minimum Gasteiger partial charge on any atom is -0.497 e. The molecule has 2 aromatic carbocycles. The summed E-state index contributed by atoms with van der Waals surface area (Å²) in [6.07, 6.45) is 2.38. The zero-order valence-corrected chi connectivity index (χ0v) is 18.2. The van der Waals surface area contributed by atoms with Gasteiger partial charge in [0.05, 0.1) is 19.3 Å². The fourth-order valence-electron chi connectivity index (χ4n) is 3.92. The summed E-state index contributed by atoms with van der Waals surface area (Å²) in [5.74, 6) is 1.03. The Morgan fingerprint density at radius 3 is 2.61 bits per heavy atom. The third-order valence-corrected chi connectivity index (χ3v) is 5.85. The number of amides is 2. The van der Waals surface area contributed by atoms with Crippen molar-refractivity contribution >= 4 is 11.7 Å². The minimum absolute atomic E-state index is 0.201. The normalized spacial score (nSPS) is 17.0. The van der Waals surface area contributed by atoms with Crippen molar-refractivity contribution in [1.82, 2.24) is 10.2 Å². The summed E-state index contributed by atoms with van der Waals surface area (Å²) >= 11 is 0. The van der Waals surface area contributed by atoms with Gasteiger partial charge in [-0.15, -0.1) is 0 Å². The number of aliphatic hydroxyl groups is 1. The van der Waals surface area contributed by atoms with Gasteiger partial charge < -0.3 is 25.4 Å². The molecule has 3 N–H and O–H groups in total. The molecule has 0 saturated carbocycles. The second-order valence-electron chi connectivity index (χ2n) is 8.26. The molecule has 0 bridgehead atoms. The molecule has 1 saturated heterocycles. The molecule has 1 fully saturated rings. The maximum atomic E-state index is 13.1. The Morgan fingerprint density at radius 1 is 1.23 bits per heavy atom. The summed E-state index contributed by atoms with van der Waals surface area (Å²) in [4.78, 5) is 14.5. The highest BCUT2D eigenvalue weighted by atomic mass is 19.1. The Balaban J connectivity index is 1.39. The largest absolute Gasteiger partial charge is 0.497 e. The van der Waals surface area contributed by atoms with Gasteiger partial charge in [0, 0.05) is 18.3 Å². The van der Waals surface area contributed by atoms with Gasteiger partial charge >= 0.3 is 6.03 Å². The zero-order chi connectivity index (χ0) is 22.2. The third kappa shape index (κ3) is 7.22. The number of methoxy groups -OCH3 is 1. The van der Waals surface area contributed by atoms with Crippen LogP contribution in [0.25, 0.3) is 0 Å². The molecule has 3 rings (SSSR count). The van der Waals surface area contributed by atoms with Crippen molar-refractivity contribution < 1.29 is 19.0 Å². The van der Waals surface area contributed by atoms with E-state index in [-0.39, 0.29) is 17.9 Å². The number of anilines is 1. The van der Waals surface area contributed by atoms with Crippen LogP contribution in [0.15, 0.2) is 48.5 Å². The number of piperidine rings is 1. The number of rotatable bonds is 8. The van der Waals surface area contributed by atoms with E-state index in [1.165, 1.54) is 17.7 Å². The van der Waals surface area contributed by atoms with Gasteiger partial charge in [-0.3, -0.25) is 0 Å². The first kappa shape index (κ1) is 23.0. The molecule has 31 heavy (non-hydrogen) atoms. The van der Waals surface area contributed by atoms with Crippen LogP contribution in [0.1, 0.15) is 25.3 Å². The lowest BCUT2D eigenvalue weighted by Crippen LogP contribution is -2.49. The fraction of sp³-hybridized carbons (Fsp3) is 0.458. The van der Waals surface area contributed by atoms with E-state index >= 15 is 0 Å². The second kappa shape index (κ2) is 11.1. The average molecular weight is 430 g/mol. The van der Waals surface area contributed by atoms with E-state index in [0.717, 1.165) is 32.4 Å². The Labute approximate surface area is 183 Å². The molecule has 0 aromatic heterocycles. The summed E-state index contributed by atoms with van der Waals surface area (Å²) in [5, 5.41) is 16.1. The van der Waals surface area contributed by atoms with Crippen molar-refractivity contribution in [2.45, 2.75) is 38.3 Å². The molecule has 1 aliphatic rings. The number of carbonyl (C=O) groups excluding carboxylic acids is 1. The van der Waals surface area contributed by atoms with Crippen LogP contribution in [0.3, 0.4) is 0 Å². The van der Waals surface area contributed by atoms with E-state index in [1.807, 2.05) is 12.1 Å². The van der Waals surface area contributed by atoms with E-state index in [9.17, 15) is 14.3 Å². The number of hydrogen-bond donors (Lipinski definition) is 3. The minimum atomic E-state index is -0.662. The first-order valence-corrected chi connectivity index (χ1v) is 10.8. The molecule has 2 atom stereocenters. The van der Waals surface area contributed by atoms with Crippen molar-refractivity contribution in [3.05, 3.63) is 59.9 Å². The van der Waals surface area contributed by atoms with Crippen LogP contribution in [-0.4, -0.2) is 54.9 Å². The summed E-state index contributed by atoms with van der Waals surface area (Å²) in [6.45, 7) is 4.14. The number of carbonyl (C=O) groups is 1. The van der Waals surface area contributed by atoms with Crippen LogP contribution in [-0.2, 0) is 6.42 Å². The lowest BCUT2D eigenvalue weighted by Gasteiger charge is -2.34. The van der Waals surface area contributed by atoms with E-state index in [0.29, 0.717) is 23.9 Å². The quantitative estimate of drug-likeness (QED) is 0.599. The molecule has 7 heteroatoms. The third-order valence-electron chi connectivity index (χ3n) is 5.85. The summed E-state index contributed by atoms with van der Waals surface area (Å²) in [7, 11) is 1.57. The summed E-state index contributed by atoms with van der Waals surface area (Å²) in [6, 6.07) is 13.1.